The predicted molar refractivity (Wildman–Crippen MR) is 95.9 cm³/mol. The predicted octanol–water partition coefficient (Wildman–Crippen LogP) is 2.35. The number of amides is 2. The van der Waals surface area contributed by atoms with E-state index in [-0.39, 0.29) is 17.5 Å². The third kappa shape index (κ3) is 5.23. The van der Waals surface area contributed by atoms with Gasteiger partial charge in [0.1, 0.15) is 5.60 Å². The van der Waals surface area contributed by atoms with Crippen LogP contribution in [0.25, 0.3) is 0 Å². The largest absolute Gasteiger partial charge is 0.444 e. The lowest BCUT2D eigenvalue weighted by atomic mass is 9.93. The second-order valence-corrected chi connectivity index (χ2v) is 7.65. The van der Waals surface area contributed by atoms with Crippen LogP contribution in [0.3, 0.4) is 0 Å². The van der Waals surface area contributed by atoms with Crippen molar-refractivity contribution in [3.05, 3.63) is 12.7 Å². The maximum absolute atomic E-state index is 12.2. The quantitative estimate of drug-likeness (QED) is 0.636. The average Bonchev–Trinajstić information content (AvgIpc) is 2.86. The monoisotopic (exact) mass is 339 g/mol. The van der Waals surface area contributed by atoms with Crippen LogP contribution in [0.1, 0.15) is 41.0 Å². The fraction of sp³-hybridized carbons (Fsp3) is 0.778. The number of hydrogen-bond donors (Lipinski definition) is 0. The molecule has 0 N–H and O–H groups in total. The Morgan fingerprint density at radius 1 is 1.12 bits per heavy atom. The molecule has 138 valence electrons. The van der Waals surface area contributed by atoms with Crippen LogP contribution in [0.15, 0.2) is 12.7 Å². The number of piperazine rings is 1. The molecule has 1 unspecified atom stereocenters. The molecule has 0 aliphatic carbocycles. The van der Waals surface area contributed by atoms with E-state index in [0.717, 1.165) is 19.5 Å². The van der Waals surface area contributed by atoms with Crippen LogP contribution >= 0.6 is 0 Å². The molecule has 2 rings (SSSR count). The Hall–Kier alpha value is -1.56. The zero-order valence-electron chi connectivity index (χ0n) is 16.1. The minimum atomic E-state index is -0.475. The van der Waals surface area contributed by atoms with Gasteiger partial charge in [0.2, 0.25) is 5.91 Å². The second kappa shape index (κ2) is 8.01. The van der Waals surface area contributed by atoms with Crippen LogP contribution in [0.2, 0.25) is 0 Å². The highest BCUT2D eigenvalue weighted by molar-refractivity contribution is 5.73. The van der Waals surface area contributed by atoms with Crippen LogP contribution in [0.5, 0.6) is 0 Å². The molecular formula is C18H33N3O3. The molecule has 0 radical (unpaired) electrons. The van der Waals surface area contributed by atoms with Crippen LogP contribution in [-0.2, 0) is 9.53 Å². The van der Waals surface area contributed by atoms with Gasteiger partial charge in [-0.2, -0.15) is 0 Å². The zero-order valence-corrected chi connectivity index (χ0v) is 16.1. The third-order valence-electron chi connectivity index (χ3n) is 4.43. The van der Waals surface area contributed by atoms with Gasteiger partial charge in [-0.05, 0) is 41.2 Å². The SMILES string of the molecule is C=CC.CC(=O)N1CCN(C)C2(CCN(C(=O)OC(C)(C)C)C2)C1. The molecule has 0 aromatic rings. The van der Waals surface area contributed by atoms with Gasteiger partial charge in [-0.15, -0.1) is 6.58 Å². The Balaban J connectivity index is 0.000000891. The van der Waals surface area contributed by atoms with E-state index >= 15 is 0 Å². The van der Waals surface area contributed by atoms with Crippen LogP contribution < -0.4 is 0 Å². The van der Waals surface area contributed by atoms with Crippen molar-refractivity contribution >= 4 is 12.0 Å². The van der Waals surface area contributed by atoms with E-state index in [0.29, 0.717) is 19.6 Å². The molecular weight excluding hydrogens is 306 g/mol. The fourth-order valence-corrected chi connectivity index (χ4v) is 3.11. The van der Waals surface area contributed by atoms with Gasteiger partial charge in [0.05, 0.1) is 5.54 Å². The van der Waals surface area contributed by atoms with Gasteiger partial charge in [0, 0.05) is 39.6 Å². The number of hydrogen-bond acceptors (Lipinski definition) is 4. The van der Waals surface area contributed by atoms with Crippen molar-refractivity contribution in [1.29, 1.82) is 0 Å². The second-order valence-electron chi connectivity index (χ2n) is 7.65. The minimum Gasteiger partial charge on any atom is -0.444 e. The maximum atomic E-state index is 12.2. The molecule has 1 spiro atoms. The highest BCUT2D eigenvalue weighted by atomic mass is 16.6. The molecule has 2 aliphatic rings. The first-order valence-corrected chi connectivity index (χ1v) is 8.56. The Morgan fingerprint density at radius 3 is 2.17 bits per heavy atom. The number of ether oxygens (including phenoxy) is 1. The van der Waals surface area contributed by atoms with Gasteiger partial charge < -0.3 is 14.5 Å². The van der Waals surface area contributed by atoms with Crippen molar-refractivity contribution in [2.75, 3.05) is 39.8 Å². The molecule has 6 heteroatoms. The number of nitrogens with zero attached hydrogens (tertiary/aromatic N) is 3. The Morgan fingerprint density at radius 2 is 1.67 bits per heavy atom. The molecule has 2 aliphatic heterocycles. The number of likely N-dealkylation sites (tertiary alicyclic amines) is 1. The zero-order chi connectivity index (χ0) is 18.5. The summed E-state index contributed by atoms with van der Waals surface area (Å²) in [4.78, 5) is 29.8. The van der Waals surface area contributed by atoms with Crippen molar-refractivity contribution in [3.8, 4) is 0 Å². The fourth-order valence-electron chi connectivity index (χ4n) is 3.11. The lowest BCUT2D eigenvalue weighted by Crippen LogP contribution is -2.63. The number of rotatable bonds is 0. The summed E-state index contributed by atoms with van der Waals surface area (Å²) in [5.74, 6) is 0.109. The summed E-state index contributed by atoms with van der Waals surface area (Å²) in [6, 6.07) is 0. The molecule has 24 heavy (non-hydrogen) atoms. The average molecular weight is 339 g/mol. The molecule has 2 amide bonds. The molecule has 2 heterocycles. The smallest absolute Gasteiger partial charge is 0.410 e. The van der Waals surface area contributed by atoms with E-state index in [2.05, 4.69) is 18.5 Å². The highest BCUT2D eigenvalue weighted by Crippen LogP contribution is 2.31. The molecule has 2 fully saturated rings. The number of allylic oxidation sites excluding steroid dienone is 1. The first-order chi connectivity index (χ1) is 11.0. The topological polar surface area (TPSA) is 53.1 Å². The third-order valence-corrected chi connectivity index (χ3v) is 4.43. The van der Waals surface area contributed by atoms with Crippen molar-refractivity contribution in [3.63, 3.8) is 0 Å². The summed E-state index contributed by atoms with van der Waals surface area (Å²) in [5, 5.41) is 0. The van der Waals surface area contributed by atoms with E-state index in [1.54, 1.807) is 17.9 Å². The molecule has 1 atom stereocenters. The molecule has 0 bridgehead atoms. The molecule has 2 saturated heterocycles. The summed E-state index contributed by atoms with van der Waals surface area (Å²) in [6.45, 7) is 16.1. The van der Waals surface area contributed by atoms with Gasteiger partial charge in [-0.25, -0.2) is 4.79 Å². The molecule has 0 saturated carbocycles. The van der Waals surface area contributed by atoms with E-state index in [1.807, 2.05) is 32.6 Å². The first kappa shape index (κ1) is 20.5. The van der Waals surface area contributed by atoms with E-state index in [4.69, 9.17) is 4.74 Å². The standard InChI is InChI=1S/C15H27N3O3.C3H6/c1-12(19)17-9-8-16(5)15(10-17)6-7-18(11-15)13(20)21-14(2,3)4;1-3-2/h6-11H2,1-5H3;3H,1H2,2H3. The van der Waals surface area contributed by atoms with E-state index in [1.165, 1.54) is 0 Å². The summed E-state index contributed by atoms with van der Waals surface area (Å²) < 4.78 is 5.45. The number of carbonyl (C=O) groups excluding carboxylic acids is 2. The van der Waals surface area contributed by atoms with Crippen molar-refractivity contribution in [2.24, 2.45) is 0 Å². The Labute approximate surface area is 146 Å². The summed E-state index contributed by atoms with van der Waals surface area (Å²) in [7, 11) is 2.08. The first-order valence-electron chi connectivity index (χ1n) is 8.56. The van der Waals surface area contributed by atoms with E-state index in [9.17, 15) is 9.59 Å². The van der Waals surface area contributed by atoms with Crippen LogP contribution in [0, 0.1) is 0 Å². The normalized spacial score (nSPS) is 24.4. The van der Waals surface area contributed by atoms with Gasteiger partial charge in [0.15, 0.2) is 0 Å². The Kier molecular flexibility index (Phi) is 6.84. The Bertz CT molecular complexity index is 473. The van der Waals surface area contributed by atoms with Gasteiger partial charge in [0.25, 0.3) is 0 Å². The molecule has 6 nitrogen and oxygen atoms in total. The van der Waals surface area contributed by atoms with Crippen molar-refractivity contribution in [1.82, 2.24) is 14.7 Å². The van der Waals surface area contributed by atoms with Gasteiger partial charge in [-0.1, -0.05) is 6.08 Å². The van der Waals surface area contributed by atoms with Crippen molar-refractivity contribution in [2.45, 2.75) is 52.2 Å². The molecule has 0 aromatic carbocycles. The van der Waals surface area contributed by atoms with Crippen molar-refractivity contribution < 1.29 is 14.3 Å². The summed E-state index contributed by atoms with van der Waals surface area (Å²) in [6.07, 6.45) is 2.37. The molecule has 0 aromatic heterocycles. The highest BCUT2D eigenvalue weighted by Gasteiger charge is 2.47. The summed E-state index contributed by atoms with van der Waals surface area (Å²) in [5.41, 5.74) is -0.600. The van der Waals surface area contributed by atoms with Crippen LogP contribution in [-0.4, -0.2) is 77.6 Å². The lowest BCUT2D eigenvalue weighted by molar-refractivity contribution is -0.133. The number of likely N-dealkylation sites (N-methyl/N-ethyl adjacent to an activating group) is 1. The van der Waals surface area contributed by atoms with Gasteiger partial charge in [-0.3, -0.25) is 9.69 Å². The van der Waals surface area contributed by atoms with Crippen LogP contribution in [0.4, 0.5) is 4.79 Å². The minimum absolute atomic E-state index is 0.109. The maximum Gasteiger partial charge on any atom is 0.410 e. The lowest BCUT2D eigenvalue weighted by Gasteiger charge is -2.47. The van der Waals surface area contributed by atoms with Gasteiger partial charge >= 0.3 is 6.09 Å². The summed E-state index contributed by atoms with van der Waals surface area (Å²) >= 11 is 0. The van der Waals surface area contributed by atoms with E-state index < -0.39 is 5.60 Å². The number of carbonyl (C=O) groups is 2.